The summed E-state index contributed by atoms with van der Waals surface area (Å²) in [6, 6.07) is 7.15. The normalized spacial score (nSPS) is 13.2. The van der Waals surface area contributed by atoms with E-state index in [1.807, 2.05) is 12.1 Å². The fraction of sp³-hybridized carbons (Fsp3) is 0.625. The van der Waals surface area contributed by atoms with E-state index < -0.39 is 0 Å². The van der Waals surface area contributed by atoms with Gasteiger partial charge in [-0.1, -0.05) is 32.0 Å². The number of nitrogens with zero attached hydrogens (tertiary/aromatic N) is 1. The molecule has 0 heterocycles. The Morgan fingerprint density at radius 1 is 1.21 bits per heavy atom. The highest BCUT2D eigenvalue weighted by Crippen LogP contribution is 2.21. The highest BCUT2D eigenvalue weighted by Gasteiger charge is 2.14. The van der Waals surface area contributed by atoms with E-state index in [1.165, 1.54) is 6.07 Å². The predicted octanol–water partition coefficient (Wildman–Crippen LogP) is 3.45. The van der Waals surface area contributed by atoms with Crippen molar-refractivity contribution in [3.05, 3.63) is 35.6 Å². The molecule has 0 aliphatic carbocycles. The smallest absolute Gasteiger partial charge is 0.127 e. The Bertz CT molecular complexity index is 366. The minimum Gasteiger partial charge on any atom is -0.316 e. The van der Waals surface area contributed by atoms with Crippen molar-refractivity contribution in [1.29, 1.82) is 0 Å². The van der Waals surface area contributed by atoms with E-state index in [0.717, 1.165) is 31.6 Å². The fourth-order valence-corrected chi connectivity index (χ4v) is 2.09. The van der Waals surface area contributed by atoms with Crippen LogP contribution in [0.2, 0.25) is 0 Å². The molecular formula is C16H27FN2. The summed E-state index contributed by atoms with van der Waals surface area (Å²) in [5.74, 6) is 0.579. The maximum atomic E-state index is 13.7. The number of hydrogen-bond donors (Lipinski definition) is 1. The molecular weight excluding hydrogens is 239 g/mol. The second-order valence-electron chi connectivity index (χ2n) is 5.63. The summed E-state index contributed by atoms with van der Waals surface area (Å²) < 4.78 is 13.7. The first-order valence-corrected chi connectivity index (χ1v) is 7.17. The summed E-state index contributed by atoms with van der Waals surface area (Å²) in [6.45, 7) is 9.53. The first-order valence-electron chi connectivity index (χ1n) is 7.17. The van der Waals surface area contributed by atoms with Gasteiger partial charge in [-0.2, -0.15) is 0 Å². The molecule has 0 fully saturated rings. The van der Waals surface area contributed by atoms with Gasteiger partial charge in [-0.15, -0.1) is 0 Å². The molecule has 0 saturated carbocycles. The van der Waals surface area contributed by atoms with Crippen molar-refractivity contribution in [3.63, 3.8) is 0 Å². The molecule has 1 atom stereocenters. The van der Waals surface area contributed by atoms with E-state index >= 15 is 0 Å². The van der Waals surface area contributed by atoms with Crippen molar-refractivity contribution in [2.45, 2.75) is 33.2 Å². The first-order chi connectivity index (χ1) is 9.02. The summed E-state index contributed by atoms with van der Waals surface area (Å²) in [4.78, 5) is 2.20. The van der Waals surface area contributed by atoms with Crippen molar-refractivity contribution in [2.75, 3.05) is 26.7 Å². The van der Waals surface area contributed by atoms with Crippen LogP contribution in [0.5, 0.6) is 0 Å². The zero-order chi connectivity index (χ0) is 14.3. The lowest BCUT2D eigenvalue weighted by molar-refractivity contribution is 0.252. The van der Waals surface area contributed by atoms with Gasteiger partial charge in [0.2, 0.25) is 0 Å². The van der Waals surface area contributed by atoms with Crippen LogP contribution in [0.4, 0.5) is 4.39 Å². The molecule has 0 aliphatic rings. The van der Waals surface area contributed by atoms with Crippen molar-refractivity contribution in [3.8, 4) is 0 Å². The molecule has 0 saturated heterocycles. The van der Waals surface area contributed by atoms with Crippen molar-refractivity contribution in [1.82, 2.24) is 10.2 Å². The molecule has 0 amide bonds. The minimum atomic E-state index is -0.111. The quantitative estimate of drug-likeness (QED) is 0.725. The average Bonchev–Trinajstić information content (AvgIpc) is 2.37. The molecule has 3 heteroatoms. The van der Waals surface area contributed by atoms with Gasteiger partial charge in [-0.25, -0.2) is 4.39 Å². The van der Waals surface area contributed by atoms with Crippen LogP contribution in [0.25, 0.3) is 0 Å². The van der Waals surface area contributed by atoms with Crippen molar-refractivity contribution >= 4 is 0 Å². The van der Waals surface area contributed by atoms with Crippen molar-refractivity contribution < 1.29 is 4.39 Å². The third-order valence-corrected chi connectivity index (χ3v) is 3.43. The third-order valence-electron chi connectivity index (χ3n) is 3.43. The SMILES string of the molecule is CC(C)CNCCCN(C)C(C)c1ccccc1F. The Morgan fingerprint density at radius 3 is 2.53 bits per heavy atom. The predicted molar refractivity (Wildman–Crippen MR) is 79.8 cm³/mol. The maximum absolute atomic E-state index is 13.7. The number of nitrogens with one attached hydrogen (secondary N) is 1. The van der Waals surface area contributed by atoms with E-state index in [4.69, 9.17) is 0 Å². The zero-order valence-electron chi connectivity index (χ0n) is 12.6. The second-order valence-corrected chi connectivity index (χ2v) is 5.63. The van der Waals surface area contributed by atoms with Gasteiger partial charge >= 0.3 is 0 Å². The molecule has 1 N–H and O–H groups in total. The van der Waals surface area contributed by atoms with Crippen LogP contribution in [0, 0.1) is 11.7 Å². The lowest BCUT2D eigenvalue weighted by Crippen LogP contribution is -2.28. The summed E-state index contributed by atoms with van der Waals surface area (Å²) in [5, 5.41) is 3.43. The second kappa shape index (κ2) is 8.28. The van der Waals surface area contributed by atoms with Crippen molar-refractivity contribution in [2.24, 2.45) is 5.92 Å². The summed E-state index contributed by atoms with van der Waals surface area (Å²) >= 11 is 0. The van der Waals surface area contributed by atoms with Gasteiger partial charge in [-0.05, 0) is 52.0 Å². The Labute approximate surface area is 117 Å². The Hall–Kier alpha value is -0.930. The number of rotatable bonds is 8. The Kier molecular flexibility index (Phi) is 7.03. The molecule has 19 heavy (non-hydrogen) atoms. The lowest BCUT2D eigenvalue weighted by atomic mass is 10.1. The van der Waals surface area contributed by atoms with Gasteiger partial charge in [-0.3, -0.25) is 4.90 Å². The molecule has 0 aromatic heterocycles. The number of benzene rings is 1. The van der Waals surface area contributed by atoms with Crippen LogP contribution in [-0.2, 0) is 0 Å². The third kappa shape index (κ3) is 5.70. The Balaban J connectivity index is 2.33. The minimum absolute atomic E-state index is 0.111. The van der Waals surface area contributed by atoms with E-state index in [9.17, 15) is 4.39 Å². The largest absolute Gasteiger partial charge is 0.316 e. The molecule has 2 nitrogen and oxygen atoms in total. The highest BCUT2D eigenvalue weighted by molar-refractivity contribution is 5.20. The molecule has 1 aromatic rings. The van der Waals surface area contributed by atoms with Crippen LogP contribution in [0.3, 0.4) is 0 Å². The molecule has 0 spiro atoms. The molecule has 0 radical (unpaired) electrons. The van der Waals surface area contributed by atoms with E-state index in [-0.39, 0.29) is 11.9 Å². The van der Waals surface area contributed by atoms with Gasteiger partial charge < -0.3 is 5.32 Å². The van der Waals surface area contributed by atoms with Crippen LogP contribution in [-0.4, -0.2) is 31.6 Å². The van der Waals surface area contributed by atoms with Crippen LogP contribution >= 0.6 is 0 Å². The van der Waals surface area contributed by atoms with Gasteiger partial charge in [0, 0.05) is 11.6 Å². The first kappa shape index (κ1) is 16.1. The molecule has 1 unspecified atom stereocenters. The average molecular weight is 266 g/mol. The van der Waals surface area contributed by atoms with Crippen LogP contribution in [0.15, 0.2) is 24.3 Å². The molecule has 1 aromatic carbocycles. The number of hydrogen-bond acceptors (Lipinski definition) is 2. The molecule has 0 aliphatic heterocycles. The lowest BCUT2D eigenvalue weighted by Gasteiger charge is -2.25. The maximum Gasteiger partial charge on any atom is 0.127 e. The standard InChI is InChI=1S/C16H27FN2/c1-13(2)12-18-10-7-11-19(4)14(3)15-8-5-6-9-16(15)17/h5-6,8-9,13-14,18H,7,10-12H2,1-4H3. The van der Waals surface area contributed by atoms with E-state index in [1.54, 1.807) is 6.07 Å². The molecule has 1 rings (SSSR count). The van der Waals surface area contributed by atoms with Gasteiger partial charge in [0.1, 0.15) is 5.82 Å². The summed E-state index contributed by atoms with van der Waals surface area (Å²) in [7, 11) is 2.06. The fourth-order valence-electron chi connectivity index (χ4n) is 2.09. The molecule has 108 valence electrons. The Morgan fingerprint density at radius 2 is 1.89 bits per heavy atom. The summed E-state index contributed by atoms with van der Waals surface area (Å²) in [5.41, 5.74) is 0.778. The van der Waals surface area contributed by atoms with Gasteiger partial charge in [0.05, 0.1) is 0 Å². The highest BCUT2D eigenvalue weighted by atomic mass is 19.1. The van der Waals surface area contributed by atoms with E-state index in [2.05, 4.69) is 38.0 Å². The monoisotopic (exact) mass is 266 g/mol. The topological polar surface area (TPSA) is 15.3 Å². The van der Waals surface area contributed by atoms with Crippen LogP contribution in [0.1, 0.15) is 38.8 Å². The van der Waals surface area contributed by atoms with E-state index in [0.29, 0.717) is 5.92 Å². The summed E-state index contributed by atoms with van der Waals surface area (Å²) in [6.07, 6.45) is 1.09. The molecule has 0 bridgehead atoms. The van der Waals surface area contributed by atoms with Gasteiger partial charge in [0.25, 0.3) is 0 Å². The number of halogens is 1. The zero-order valence-corrected chi connectivity index (χ0v) is 12.6. The van der Waals surface area contributed by atoms with Crippen LogP contribution < -0.4 is 5.32 Å². The van der Waals surface area contributed by atoms with Gasteiger partial charge in [0.15, 0.2) is 0 Å².